The van der Waals surface area contributed by atoms with Gasteiger partial charge in [-0.25, -0.2) is 4.79 Å². The third kappa shape index (κ3) is 4.59. The number of amides is 1. The van der Waals surface area contributed by atoms with E-state index in [0.29, 0.717) is 24.2 Å². The average Bonchev–Trinajstić information content (AvgIpc) is 2.94. The van der Waals surface area contributed by atoms with Gasteiger partial charge in [0.2, 0.25) is 5.91 Å². The number of hydrogen-bond donors (Lipinski definition) is 1. The zero-order chi connectivity index (χ0) is 19.5. The number of nitro benzene ring substituents is 1. The van der Waals surface area contributed by atoms with Crippen LogP contribution in [0.25, 0.3) is 6.08 Å². The number of ether oxygens (including phenoxy) is 1. The zero-order valence-electron chi connectivity index (χ0n) is 15.3. The summed E-state index contributed by atoms with van der Waals surface area (Å²) in [7, 11) is 1.26. The molecule has 1 aliphatic rings. The van der Waals surface area contributed by atoms with E-state index in [1.807, 2.05) is 20.8 Å². The summed E-state index contributed by atoms with van der Waals surface area (Å²) in [5, 5.41) is 14.5. The number of methoxy groups -OCH3 is 1. The number of benzene rings is 1. The molecule has 8 heteroatoms. The van der Waals surface area contributed by atoms with Crippen LogP contribution in [-0.4, -0.2) is 46.9 Å². The van der Waals surface area contributed by atoms with Crippen LogP contribution in [0, 0.1) is 10.1 Å². The highest BCUT2D eigenvalue weighted by molar-refractivity contribution is 5.87. The van der Waals surface area contributed by atoms with E-state index >= 15 is 0 Å². The fourth-order valence-electron chi connectivity index (χ4n) is 2.83. The molecule has 1 unspecified atom stereocenters. The number of esters is 1. The summed E-state index contributed by atoms with van der Waals surface area (Å²) in [5.41, 5.74) is 0.450. The lowest BCUT2D eigenvalue weighted by Crippen LogP contribution is -2.43. The van der Waals surface area contributed by atoms with Gasteiger partial charge in [0.15, 0.2) is 0 Å². The number of nitro groups is 1. The van der Waals surface area contributed by atoms with Gasteiger partial charge in [0.25, 0.3) is 5.69 Å². The molecule has 2 rings (SSSR count). The van der Waals surface area contributed by atoms with Gasteiger partial charge in [0.05, 0.1) is 18.1 Å². The normalized spacial score (nSPS) is 17.6. The highest BCUT2D eigenvalue weighted by Crippen LogP contribution is 2.30. The van der Waals surface area contributed by atoms with Crippen LogP contribution in [0.15, 0.2) is 24.3 Å². The summed E-state index contributed by atoms with van der Waals surface area (Å²) in [4.78, 5) is 36.0. The SMILES string of the molecule is COC(=O)/C=C/c1ccc(NC2CC(=O)N(C(C)(C)C)C2)c([N+](=O)[O-])c1. The van der Waals surface area contributed by atoms with E-state index in [1.165, 1.54) is 25.3 Å². The van der Waals surface area contributed by atoms with E-state index in [-0.39, 0.29) is 23.2 Å². The molecule has 0 radical (unpaired) electrons. The molecular weight excluding hydrogens is 338 g/mol. The maximum atomic E-state index is 12.2. The number of nitrogens with zero attached hydrogens (tertiary/aromatic N) is 2. The van der Waals surface area contributed by atoms with Crippen molar-refractivity contribution in [2.75, 3.05) is 19.0 Å². The van der Waals surface area contributed by atoms with Crippen molar-refractivity contribution < 1.29 is 19.2 Å². The van der Waals surface area contributed by atoms with Crippen molar-refractivity contribution in [1.82, 2.24) is 4.90 Å². The Morgan fingerprint density at radius 3 is 2.65 bits per heavy atom. The van der Waals surface area contributed by atoms with Crippen LogP contribution in [0.3, 0.4) is 0 Å². The number of anilines is 1. The molecule has 1 aliphatic heterocycles. The molecule has 0 bridgehead atoms. The first kappa shape index (κ1) is 19.4. The number of hydrogen-bond acceptors (Lipinski definition) is 6. The summed E-state index contributed by atoms with van der Waals surface area (Å²) in [6.07, 6.45) is 2.93. The number of nitrogens with one attached hydrogen (secondary N) is 1. The lowest BCUT2D eigenvalue weighted by molar-refractivity contribution is -0.384. The van der Waals surface area contributed by atoms with Crippen LogP contribution in [0.4, 0.5) is 11.4 Å². The van der Waals surface area contributed by atoms with Crippen LogP contribution in [0.5, 0.6) is 0 Å². The van der Waals surface area contributed by atoms with E-state index in [9.17, 15) is 19.7 Å². The fraction of sp³-hybridized carbons (Fsp3) is 0.444. The maximum Gasteiger partial charge on any atom is 0.330 e. The Labute approximate surface area is 152 Å². The van der Waals surface area contributed by atoms with Crippen molar-refractivity contribution in [2.45, 2.75) is 38.8 Å². The molecule has 1 amide bonds. The molecule has 1 saturated heterocycles. The molecule has 140 valence electrons. The van der Waals surface area contributed by atoms with Crippen LogP contribution >= 0.6 is 0 Å². The van der Waals surface area contributed by atoms with Gasteiger partial charge in [-0.1, -0.05) is 6.07 Å². The third-order valence-corrected chi connectivity index (χ3v) is 4.13. The molecule has 1 heterocycles. The van der Waals surface area contributed by atoms with Crippen molar-refractivity contribution in [1.29, 1.82) is 0 Å². The highest BCUT2D eigenvalue weighted by atomic mass is 16.6. The van der Waals surface area contributed by atoms with Crippen molar-refractivity contribution in [3.05, 3.63) is 40.0 Å². The first-order chi connectivity index (χ1) is 12.1. The molecule has 0 saturated carbocycles. The topological polar surface area (TPSA) is 102 Å². The first-order valence-corrected chi connectivity index (χ1v) is 8.23. The van der Waals surface area contributed by atoms with Crippen LogP contribution < -0.4 is 5.32 Å². The highest BCUT2D eigenvalue weighted by Gasteiger charge is 2.36. The Morgan fingerprint density at radius 2 is 2.12 bits per heavy atom. The van der Waals surface area contributed by atoms with E-state index in [4.69, 9.17) is 0 Å². The second kappa shape index (κ2) is 7.55. The smallest absolute Gasteiger partial charge is 0.330 e. The van der Waals surface area contributed by atoms with Crippen molar-refractivity contribution in [3.63, 3.8) is 0 Å². The standard InChI is InChI=1S/C18H23N3O5/c1-18(2,3)20-11-13(10-16(20)22)19-14-7-5-12(6-8-17(23)26-4)9-15(14)21(24)25/h5-9,13,19H,10-11H2,1-4H3/b8-6+. The molecule has 1 N–H and O–H groups in total. The predicted molar refractivity (Wildman–Crippen MR) is 97.6 cm³/mol. The zero-order valence-corrected chi connectivity index (χ0v) is 15.3. The summed E-state index contributed by atoms with van der Waals surface area (Å²) < 4.78 is 4.50. The van der Waals surface area contributed by atoms with Crippen molar-refractivity contribution in [2.24, 2.45) is 0 Å². The molecule has 0 aromatic heterocycles. The minimum atomic E-state index is -0.540. The summed E-state index contributed by atoms with van der Waals surface area (Å²) in [6, 6.07) is 4.42. The largest absolute Gasteiger partial charge is 0.466 e. The van der Waals surface area contributed by atoms with Gasteiger partial charge in [-0.05, 0) is 38.5 Å². The second-order valence-corrected chi connectivity index (χ2v) is 7.11. The average molecular weight is 361 g/mol. The van der Waals surface area contributed by atoms with Crippen molar-refractivity contribution in [3.8, 4) is 0 Å². The van der Waals surface area contributed by atoms with Gasteiger partial charge in [-0.15, -0.1) is 0 Å². The number of likely N-dealkylation sites (tertiary alicyclic amines) is 1. The fourth-order valence-corrected chi connectivity index (χ4v) is 2.83. The van der Waals surface area contributed by atoms with Gasteiger partial charge >= 0.3 is 5.97 Å². The number of carbonyl (C=O) groups is 2. The minimum absolute atomic E-state index is 0.0234. The third-order valence-electron chi connectivity index (χ3n) is 4.13. The van der Waals surface area contributed by atoms with Crippen LogP contribution in [-0.2, 0) is 14.3 Å². The Hall–Kier alpha value is -2.90. The van der Waals surface area contributed by atoms with Crippen LogP contribution in [0.1, 0.15) is 32.8 Å². The van der Waals surface area contributed by atoms with E-state index in [1.54, 1.807) is 17.0 Å². The van der Waals surface area contributed by atoms with Gasteiger partial charge < -0.3 is 15.0 Å². The Balaban J connectivity index is 2.19. The Kier molecular flexibility index (Phi) is 5.64. The number of rotatable bonds is 5. The van der Waals surface area contributed by atoms with Gasteiger partial charge in [0, 0.05) is 30.6 Å². The number of carbonyl (C=O) groups excluding carboxylic acids is 2. The molecule has 0 aliphatic carbocycles. The first-order valence-electron chi connectivity index (χ1n) is 8.23. The van der Waals surface area contributed by atoms with E-state index in [2.05, 4.69) is 10.1 Å². The van der Waals surface area contributed by atoms with Gasteiger partial charge in [0.1, 0.15) is 5.69 Å². The summed E-state index contributed by atoms with van der Waals surface area (Å²) >= 11 is 0. The molecule has 8 nitrogen and oxygen atoms in total. The summed E-state index contributed by atoms with van der Waals surface area (Å²) in [5.74, 6) is -0.517. The monoisotopic (exact) mass is 361 g/mol. The molecular formula is C18H23N3O5. The molecule has 26 heavy (non-hydrogen) atoms. The Bertz CT molecular complexity index is 752. The van der Waals surface area contributed by atoms with E-state index < -0.39 is 10.9 Å². The Morgan fingerprint density at radius 1 is 1.42 bits per heavy atom. The molecule has 1 aromatic carbocycles. The quantitative estimate of drug-likeness (QED) is 0.374. The van der Waals surface area contributed by atoms with Gasteiger partial charge in [-0.3, -0.25) is 14.9 Å². The molecule has 1 aromatic rings. The van der Waals surface area contributed by atoms with Crippen LogP contribution in [0.2, 0.25) is 0 Å². The molecule has 1 atom stereocenters. The second-order valence-electron chi connectivity index (χ2n) is 7.11. The van der Waals surface area contributed by atoms with Crippen molar-refractivity contribution >= 4 is 29.3 Å². The maximum absolute atomic E-state index is 12.2. The van der Waals surface area contributed by atoms with E-state index in [0.717, 1.165) is 0 Å². The predicted octanol–water partition coefficient (Wildman–Crippen LogP) is 2.59. The minimum Gasteiger partial charge on any atom is -0.466 e. The molecule has 0 spiro atoms. The van der Waals surface area contributed by atoms with Gasteiger partial charge in [-0.2, -0.15) is 0 Å². The summed E-state index contributed by atoms with van der Waals surface area (Å²) in [6.45, 7) is 6.36. The lowest BCUT2D eigenvalue weighted by Gasteiger charge is -2.32. The lowest BCUT2D eigenvalue weighted by atomic mass is 10.1. The molecule has 1 fully saturated rings.